The number of benzene rings is 1. The molecule has 2 rings (SSSR count). The first-order valence-corrected chi connectivity index (χ1v) is 5.02. The van der Waals surface area contributed by atoms with Crippen LogP contribution in [0.1, 0.15) is 0 Å². The molecule has 0 saturated heterocycles. The molecule has 0 aliphatic carbocycles. The fraction of sp³-hybridized carbons (Fsp3) is 0.100. The number of nitrogens with zero attached hydrogens (tertiary/aromatic N) is 2. The maximum Gasteiger partial charge on any atom is 0.135 e. The molecule has 78 valence electrons. The summed E-state index contributed by atoms with van der Waals surface area (Å²) >= 11 is 3.26. The molecule has 0 spiro atoms. The van der Waals surface area contributed by atoms with E-state index in [9.17, 15) is 8.78 Å². The smallest absolute Gasteiger partial charge is 0.135 e. The predicted octanol–water partition coefficient (Wildman–Crippen LogP) is 3.13. The quantitative estimate of drug-likeness (QED) is 0.780. The summed E-state index contributed by atoms with van der Waals surface area (Å²) in [6, 6.07) is 3.42. The topological polar surface area (TPSA) is 17.8 Å². The molecule has 5 heteroatoms. The van der Waals surface area contributed by atoms with E-state index in [-0.39, 0.29) is 5.56 Å². The van der Waals surface area contributed by atoms with Crippen molar-refractivity contribution in [2.75, 3.05) is 0 Å². The number of aryl methyl sites for hydroxylation is 1. The van der Waals surface area contributed by atoms with Crippen LogP contribution in [0.2, 0.25) is 0 Å². The lowest BCUT2D eigenvalue weighted by Gasteiger charge is -1.99. The first-order chi connectivity index (χ1) is 7.08. The lowest BCUT2D eigenvalue weighted by molar-refractivity contribution is 0.585. The molecule has 0 aliphatic rings. The highest BCUT2D eigenvalue weighted by molar-refractivity contribution is 9.10. The molecule has 0 amide bonds. The highest BCUT2D eigenvalue weighted by Crippen LogP contribution is 2.28. The first-order valence-electron chi connectivity index (χ1n) is 4.22. The van der Waals surface area contributed by atoms with Gasteiger partial charge in [0.15, 0.2) is 0 Å². The second-order valence-corrected chi connectivity index (χ2v) is 3.98. The normalized spacial score (nSPS) is 10.7. The van der Waals surface area contributed by atoms with E-state index in [4.69, 9.17) is 0 Å². The Morgan fingerprint density at radius 1 is 1.33 bits per heavy atom. The van der Waals surface area contributed by atoms with Crippen molar-refractivity contribution in [3.05, 3.63) is 40.5 Å². The number of halogens is 3. The van der Waals surface area contributed by atoms with Gasteiger partial charge in [0.2, 0.25) is 0 Å². The van der Waals surface area contributed by atoms with Gasteiger partial charge < -0.3 is 0 Å². The minimum atomic E-state index is -0.616. The standard InChI is InChI=1S/C10H7BrF2N2/c1-15-5-8(11)10(14-15)7-3-2-6(12)4-9(7)13/h2-5H,1H3. The Balaban J connectivity index is 2.59. The zero-order valence-electron chi connectivity index (χ0n) is 7.84. The molecule has 15 heavy (non-hydrogen) atoms. The summed E-state index contributed by atoms with van der Waals surface area (Å²) < 4.78 is 28.3. The molecule has 0 unspecified atom stereocenters. The zero-order valence-corrected chi connectivity index (χ0v) is 9.42. The molecule has 0 atom stereocenters. The molecule has 0 bridgehead atoms. The number of hydrogen-bond acceptors (Lipinski definition) is 1. The third kappa shape index (κ3) is 1.92. The summed E-state index contributed by atoms with van der Waals surface area (Å²) in [5, 5.41) is 4.08. The lowest BCUT2D eigenvalue weighted by Crippen LogP contribution is -1.90. The van der Waals surface area contributed by atoms with Gasteiger partial charge in [-0.15, -0.1) is 0 Å². The van der Waals surface area contributed by atoms with E-state index in [2.05, 4.69) is 21.0 Å². The van der Waals surface area contributed by atoms with Gasteiger partial charge in [-0.05, 0) is 28.1 Å². The molecule has 1 aromatic heterocycles. The van der Waals surface area contributed by atoms with Crippen LogP contribution in [-0.2, 0) is 7.05 Å². The molecule has 2 nitrogen and oxygen atoms in total. The Morgan fingerprint density at radius 2 is 2.07 bits per heavy atom. The molecule has 0 aliphatic heterocycles. The minimum Gasteiger partial charge on any atom is -0.274 e. The van der Waals surface area contributed by atoms with Crippen LogP contribution in [0.4, 0.5) is 8.78 Å². The second-order valence-electron chi connectivity index (χ2n) is 3.12. The molecule has 1 heterocycles. The average molecular weight is 273 g/mol. The summed E-state index contributed by atoms with van der Waals surface area (Å²) in [6.45, 7) is 0. The van der Waals surface area contributed by atoms with Crippen LogP contribution in [-0.4, -0.2) is 9.78 Å². The average Bonchev–Trinajstić information content (AvgIpc) is 2.45. The maximum absolute atomic E-state index is 13.4. The Morgan fingerprint density at radius 3 is 2.60 bits per heavy atom. The summed E-state index contributed by atoms with van der Waals surface area (Å²) in [6.07, 6.45) is 1.71. The van der Waals surface area contributed by atoms with Gasteiger partial charge in [0.05, 0.1) is 4.47 Å². The van der Waals surface area contributed by atoms with Gasteiger partial charge in [0, 0.05) is 24.9 Å². The molecule has 0 N–H and O–H groups in total. The van der Waals surface area contributed by atoms with E-state index < -0.39 is 11.6 Å². The van der Waals surface area contributed by atoms with Crippen LogP contribution in [0.15, 0.2) is 28.9 Å². The van der Waals surface area contributed by atoms with Crippen molar-refractivity contribution >= 4 is 15.9 Å². The van der Waals surface area contributed by atoms with Crippen molar-refractivity contribution < 1.29 is 8.78 Å². The Hall–Kier alpha value is -1.23. The molecule has 2 aromatic rings. The first kappa shape index (κ1) is 10.3. The predicted molar refractivity (Wildman–Crippen MR) is 56.3 cm³/mol. The van der Waals surface area contributed by atoms with Crippen LogP contribution in [0.5, 0.6) is 0 Å². The third-order valence-corrected chi connectivity index (χ3v) is 2.55. The molecular formula is C10H7BrF2N2. The monoisotopic (exact) mass is 272 g/mol. The fourth-order valence-electron chi connectivity index (χ4n) is 1.32. The Kier molecular flexibility index (Phi) is 2.56. The van der Waals surface area contributed by atoms with E-state index in [1.165, 1.54) is 12.1 Å². The van der Waals surface area contributed by atoms with Gasteiger partial charge in [-0.25, -0.2) is 8.78 Å². The lowest BCUT2D eigenvalue weighted by atomic mass is 10.1. The van der Waals surface area contributed by atoms with Gasteiger partial charge in [0.1, 0.15) is 17.3 Å². The Labute approximate surface area is 93.7 Å². The number of aromatic nitrogens is 2. The van der Waals surface area contributed by atoms with Crippen LogP contribution in [0.25, 0.3) is 11.3 Å². The highest BCUT2D eigenvalue weighted by Gasteiger charge is 2.12. The second kappa shape index (κ2) is 3.73. The Bertz CT molecular complexity index is 508. The number of hydrogen-bond donors (Lipinski definition) is 0. The summed E-state index contributed by atoms with van der Waals surface area (Å²) in [7, 11) is 1.73. The van der Waals surface area contributed by atoms with E-state index in [1.54, 1.807) is 17.9 Å². The van der Waals surface area contributed by atoms with E-state index >= 15 is 0 Å². The SMILES string of the molecule is Cn1cc(Br)c(-c2ccc(F)cc2F)n1. The van der Waals surface area contributed by atoms with E-state index in [0.717, 1.165) is 6.07 Å². The van der Waals surface area contributed by atoms with Gasteiger partial charge in [0.25, 0.3) is 0 Å². The largest absolute Gasteiger partial charge is 0.274 e. The van der Waals surface area contributed by atoms with Crippen LogP contribution >= 0.6 is 15.9 Å². The molecular weight excluding hydrogens is 266 g/mol. The molecule has 0 fully saturated rings. The van der Waals surface area contributed by atoms with Crippen molar-refractivity contribution in [2.24, 2.45) is 7.05 Å². The zero-order chi connectivity index (χ0) is 11.0. The molecule has 0 radical (unpaired) electrons. The van der Waals surface area contributed by atoms with Crippen molar-refractivity contribution in [3.63, 3.8) is 0 Å². The maximum atomic E-state index is 13.4. The van der Waals surface area contributed by atoms with Gasteiger partial charge in [-0.3, -0.25) is 4.68 Å². The van der Waals surface area contributed by atoms with Crippen molar-refractivity contribution in [2.45, 2.75) is 0 Å². The van der Waals surface area contributed by atoms with Gasteiger partial charge in [-0.2, -0.15) is 5.10 Å². The highest BCUT2D eigenvalue weighted by atomic mass is 79.9. The van der Waals surface area contributed by atoms with Crippen LogP contribution in [0.3, 0.4) is 0 Å². The van der Waals surface area contributed by atoms with Crippen molar-refractivity contribution in [1.29, 1.82) is 0 Å². The van der Waals surface area contributed by atoms with Crippen LogP contribution < -0.4 is 0 Å². The minimum absolute atomic E-state index is 0.281. The molecule has 0 saturated carbocycles. The van der Waals surface area contributed by atoms with Crippen molar-refractivity contribution in [3.8, 4) is 11.3 Å². The summed E-state index contributed by atoms with van der Waals surface area (Å²) in [5.74, 6) is -1.21. The molecule has 1 aromatic carbocycles. The fourth-order valence-corrected chi connectivity index (χ4v) is 1.91. The van der Waals surface area contributed by atoms with Gasteiger partial charge >= 0.3 is 0 Å². The van der Waals surface area contributed by atoms with Crippen LogP contribution in [0, 0.1) is 11.6 Å². The third-order valence-electron chi connectivity index (χ3n) is 1.97. The van der Waals surface area contributed by atoms with E-state index in [1.807, 2.05) is 0 Å². The van der Waals surface area contributed by atoms with E-state index in [0.29, 0.717) is 10.2 Å². The summed E-state index contributed by atoms with van der Waals surface area (Å²) in [5.41, 5.74) is 0.749. The summed E-state index contributed by atoms with van der Waals surface area (Å²) in [4.78, 5) is 0. The van der Waals surface area contributed by atoms with Gasteiger partial charge in [-0.1, -0.05) is 0 Å². The number of rotatable bonds is 1. The van der Waals surface area contributed by atoms with Crippen molar-refractivity contribution in [1.82, 2.24) is 9.78 Å².